The number of aryl methyl sites for hydroxylation is 1. The average molecular weight is 361 g/mol. The number of aromatic nitrogens is 2. The molecule has 2 heterocycles. The van der Waals surface area contributed by atoms with Gasteiger partial charge in [-0.1, -0.05) is 26.2 Å². The van der Waals surface area contributed by atoms with Crippen LogP contribution in [0.25, 0.3) is 0 Å². The predicted octanol–water partition coefficient (Wildman–Crippen LogP) is 2.75. The first-order valence-corrected chi connectivity index (χ1v) is 10.2. The van der Waals surface area contributed by atoms with Crippen molar-refractivity contribution in [3.8, 4) is 0 Å². The highest BCUT2D eigenvalue weighted by Crippen LogP contribution is 2.33. The second-order valence-electron chi connectivity index (χ2n) is 7.86. The van der Waals surface area contributed by atoms with E-state index in [1.54, 1.807) is 4.90 Å². The molecule has 3 rings (SSSR count). The van der Waals surface area contributed by atoms with Crippen LogP contribution in [0.15, 0.2) is 6.07 Å². The molecular weight excluding hydrogens is 328 g/mol. The number of carbonyl (C=O) groups is 2. The monoisotopic (exact) mass is 360 g/mol. The van der Waals surface area contributed by atoms with E-state index in [9.17, 15) is 9.59 Å². The number of aromatic amines is 1. The topological polar surface area (TPSA) is 69.3 Å². The molecule has 6 heteroatoms. The Balaban J connectivity index is 1.63. The van der Waals surface area contributed by atoms with Gasteiger partial charge in [0.05, 0.1) is 17.9 Å². The molecule has 2 fully saturated rings. The summed E-state index contributed by atoms with van der Waals surface area (Å²) in [4.78, 5) is 29.7. The third-order valence-electron chi connectivity index (χ3n) is 5.79. The summed E-state index contributed by atoms with van der Waals surface area (Å²) in [6.07, 6.45) is 7.97. The minimum atomic E-state index is -0.167. The minimum Gasteiger partial charge on any atom is -0.342 e. The molecule has 1 aromatic heterocycles. The molecule has 1 N–H and O–H groups in total. The molecule has 6 nitrogen and oxygen atoms in total. The molecule has 0 aromatic carbocycles. The van der Waals surface area contributed by atoms with Crippen molar-refractivity contribution in [2.24, 2.45) is 11.8 Å². The van der Waals surface area contributed by atoms with E-state index in [-0.39, 0.29) is 23.7 Å². The second-order valence-corrected chi connectivity index (χ2v) is 7.86. The fourth-order valence-electron chi connectivity index (χ4n) is 4.39. The number of rotatable bonds is 6. The lowest BCUT2D eigenvalue weighted by atomic mass is 9.77. The molecule has 26 heavy (non-hydrogen) atoms. The van der Waals surface area contributed by atoms with E-state index in [4.69, 9.17) is 0 Å². The van der Waals surface area contributed by atoms with Crippen molar-refractivity contribution in [3.05, 3.63) is 17.5 Å². The van der Waals surface area contributed by atoms with Crippen LogP contribution in [0, 0.1) is 11.8 Å². The number of nitrogens with one attached hydrogen (secondary N) is 1. The Morgan fingerprint density at radius 2 is 1.88 bits per heavy atom. The van der Waals surface area contributed by atoms with Crippen LogP contribution in [-0.4, -0.2) is 51.9 Å². The number of H-pyrrole nitrogens is 1. The van der Waals surface area contributed by atoms with Gasteiger partial charge >= 0.3 is 0 Å². The zero-order valence-electron chi connectivity index (χ0n) is 16.2. The zero-order chi connectivity index (χ0) is 18.5. The van der Waals surface area contributed by atoms with E-state index < -0.39 is 0 Å². The Morgan fingerprint density at radius 3 is 2.58 bits per heavy atom. The SMILES string of the molecule is CCCc1cc(CN(C)C(=O)[C@@H]2CCCC[C@@H]2C(=O)N2CCCC2)[nH]n1. The van der Waals surface area contributed by atoms with Gasteiger partial charge in [0.25, 0.3) is 0 Å². The fourth-order valence-corrected chi connectivity index (χ4v) is 4.39. The Morgan fingerprint density at radius 1 is 1.19 bits per heavy atom. The average Bonchev–Trinajstić information content (AvgIpc) is 3.33. The standard InChI is InChI=1S/C20H32N4O2/c1-3-8-15-13-16(22-21-15)14-23(2)19(25)17-9-4-5-10-18(17)20(26)24-11-6-7-12-24/h13,17-18H,3-12,14H2,1-2H3,(H,21,22)/t17-,18+/m1/s1. The molecule has 0 unspecified atom stereocenters. The third kappa shape index (κ3) is 4.27. The van der Waals surface area contributed by atoms with Crippen LogP contribution in [0.4, 0.5) is 0 Å². The number of nitrogens with zero attached hydrogens (tertiary/aromatic N) is 3. The maximum Gasteiger partial charge on any atom is 0.226 e. The molecule has 1 aliphatic heterocycles. The number of hydrogen-bond acceptors (Lipinski definition) is 3. The molecule has 144 valence electrons. The summed E-state index contributed by atoms with van der Waals surface area (Å²) < 4.78 is 0. The van der Waals surface area contributed by atoms with Gasteiger partial charge in [-0.15, -0.1) is 0 Å². The number of carbonyl (C=O) groups excluding carboxylic acids is 2. The van der Waals surface area contributed by atoms with Crippen molar-refractivity contribution in [2.75, 3.05) is 20.1 Å². The maximum atomic E-state index is 13.1. The summed E-state index contributed by atoms with van der Waals surface area (Å²) in [5.74, 6) is 0.0173. The number of likely N-dealkylation sites (tertiary alicyclic amines) is 1. The normalized spacial score (nSPS) is 23.2. The summed E-state index contributed by atoms with van der Waals surface area (Å²) in [6.45, 7) is 4.38. The van der Waals surface area contributed by atoms with E-state index in [0.29, 0.717) is 6.54 Å². The zero-order valence-corrected chi connectivity index (χ0v) is 16.2. The van der Waals surface area contributed by atoms with E-state index in [2.05, 4.69) is 17.1 Å². The van der Waals surface area contributed by atoms with Gasteiger partial charge < -0.3 is 9.80 Å². The fraction of sp³-hybridized carbons (Fsp3) is 0.750. The Labute approximate surface area is 156 Å². The summed E-state index contributed by atoms with van der Waals surface area (Å²) in [6, 6.07) is 2.04. The smallest absolute Gasteiger partial charge is 0.226 e. The first-order chi connectivity index (χ1) is 12.6. The van der Waals surface area contributed by atoms with E-state index in [1.807, 2.05) is 18.0 Å². The van der Waals surface area contributed by atoms with Crippen molar-refractivity contribution in [1.29, 1.82) is 0 Å². The van der Waals surface area contributed by atoms with Crippen molar-refractivity contribution in [1.82, 2.24) is 20.0 Å². The number of hydrogen-bond donors (Lipinski definition) is 1. The van der Waals surface area contributed by atoms with Gasteiger partial charge in [-0.25, -0.2) is 0 Å². The van der Waals surface area contributed by atoms with Gasteiger partial charge in [-0.2, -0.15) is 5.10 Å². The highest BCUT2D eigenvalue weighted by molar-refractivity contribution is 5.88. The molecule has 1 aliphatic carbocycles. The van der Waals surface area contributed by atoms with E-state index in [0.717, 1.165) is 75.8 Å². The van der Waals surface area contributed by atoms with Crippen LogP contribution in [-0.2, 0) is 22.6 Å². The molecular formula is C20H32N4O2. The quantitative estimate of drug-likeness (QED) is 0.848. The summed E-state index contributed by atoms with van der Waals surface area (Å²) in [5.41, 5.74) is 2.01. The van der Waals surface area contributed by atoms with Crippen LogP contribution >= 0.6 is 0 Å². The Kier molecular flexibility index (Phi) is 6.33. The van der Waals surface area contributed by atoms with Gasteiger partial charge in [-0.05, 0) is 38.2 Å². The lowest BCUT2D eigenvalue weighted by Gasteiger charge is -2.34. The second kappa shape index (κ2) is 8.69. The van der Waals surface area contributed by atoms with Crippen molar-refractivity contribution in [2.45, 2.75) is 64.8 Å². The predicted molar refractivity (Wildman–Crippen MR) is 100 cm³/mol. The highest BCUT2D eigenvalue weighted by Gasteiger charge is 2.39. The number of amides is 2. The minimum absolute atomic E-state index is 0.105. The largest absolute Gasteiger partial charge is 0.342 e. The molecule has 0 bridgehead atoms. The molecule has 1 saturated carbocycles. The Hall–Kier alpha value is -1.85. The first-order valence-electron chi connectivity index (χ1n) is 10.2. The van der Waals surface area contributed by atoms with Gasteiger partial charge in [-0.3, -0.25) is 14.7 Å². The van der Waals surface area contributed by atoms with Crippen LogP contribution < -0.4 is 0 Å². The van der Waals surface area contributed by atoms with Crippen LogP contribution in [0.5, 0.6) is 0 Å². The maximum absolute atomic E-state index is 13.1. The van der Waals surface area contributed by atoms with Gasteiger partial charge in [0, 0.05) is 32.0 Å². The van der Waals surface area contributed by atoms with E-state index in [1.165, 1.54) is 0 Å². The molecule has 2 amide bonds. The molecule has 0 radical (unpaired) electrons. The van der Waals surface area contributed by atoms with Gasteiger partial charge in [0.2, 0.25) is 11.8 Å². The van der Waals surface area contributed by atoms with Gasteiger partial charge in [0.15, 0.2) is 0 Å². The molecule has 0 spiro atoms. The van der Waals surface area contributed by atoms with Crippen molar-refractivity contribution in [3.63, 3.8) is 0 Å². The van der Waals surface area contributed by atoms with Crippen LogP contribution in [0.1, 0.15) is 63.3 Å². The Bertz CT molecular complexity index is 621. The van der Waals surface area contributed by atoms with Gasteiger partial charge in [0.1, 0.15) is 0 Å². The lowest BCUT2D eigenvalue weighted by Crippen LogP contribution is -2.45. The summed E-state index contributed by atoms with van der Waals surface area (Å²) >= 11 is 0. The molecule has 2 atom stereocenters. The molecule has 1 aromatic rings. The highest BCUT2D eigenvalue weighted by atomic mass is 16.2. The summed E-state index contributed by atoms with van der Waals surface area (Å²) in [5, 5.41) is 7.34. The molecule has 2 aliphatic rings. The lowest BCUT2D eigenvalue weighted by molar-refractivity contribution is -0.147. The van der Waals surface area contributed by atoms with Crippen molar-refractivity contribution < 1.29 is 9.59 Å². The van der Waals surface area contributed by atoms with Crippen LogP contribution in [0.2, 0.25) is 0 Å². The van der Waals surface area contributed by atoms with E-state index >= 15 is 0 Å². The third-order valence-corrected chi connectivity index (χ3v) is 5.79. The van der Waals surface area contributed by atoms with Crippen LogP contribution in [0.3, 0.4) is 0 Å². The van der Waals surface area contributed by atoms with Crippen molar-refractivity contribution >= 4 is 11.8 Å². The first kappa shape index (κ1) is 18.9. The summed E-state index contributed by atoms with van der Waals surface area (Å²) in [7, 11) is 1.84. The molecule has 1 saturated heterocycles.